The van der Waals surface area contributed by atoms with Crippen LogP contribution < -0.4 is 5.32 Å². The molecule has 1 atom stereocenters. The van der Waals surface area contributed by atoms with Crippen molar-refractivity contribution in [1.29, 1.82) is 0 Å². The van der Waals surface area contributed by atoms with Gasteiger partial charge in [-0.15, -0.1) is 0 Å². The van der Waals surface area contributed by atoms with E-state index in [1.165, 1.54) is 0 Å². The maximum atomic E-state index is 11.5. The molecule has 4 heteroatoms. The van der Waals surface area contributed by atoms with Crippen LogP contribution >= 0.6 is 0 Å². The minimum Gasteiger partial charge on any atom is -0.459 e. The highest BCUT2D eigenvalue weighted by Crippen LogP contribution is 2.29. The molecule has 0 aliphatic carbocycles. The average molecular weight is 229 g/mol. The summed E-state index contributed by atoms with van der Waals surface area (Å²) in [5.41, 5.74) is -0.423. The first kappa shape index (κ1) is 13.5. The molecule has 0 saturated carbocycles. The highest BCUT2D eigenvalue weighted by molar-refractivity contribution is 5.70. The molecule has 0 aromatic carbocycles. The predicted octanol–water partition coefficient (Wildman–Crippen LogP) is 1.08. The smallest absolute Gasteiger partial charge is 0.308 e. The van der Waals surface area contributed by atoms with Gasteiger partial charge in [0.05, 0.1) is 12.5 Å². The summed E-state index contributed by atoms with van der Waals surface area (Å²) in [7, 11) is 0. The lowest BCUT2D eigenvalue weighted by Gasteiger charge is -2.36. The van der Waals surface area contributed by atoms with Crippen LogP contribution in [0.1, 0.15) is 40.0 Å². The molecule has 0 spiro atoms. The van der Waals surface area contributed by atoms with Crippen molar-refractivity contribution in [3.05, 3.63) is 0 Å². The number of ether oxygens (including phenoxy) is 1. The summed E-state index contributed by atoms with van der Waals surface area (Å²) in [5, 5.41) is 12.4. The van der Waals surface area contributed by atoms with Gasteiger partial charge in [-0.2, -0.15) is 0 Å². The standard InChI is InChI=1S/C12H23NO3/c1-9(14)8-11(15)16-12(2,3)10-4-6-13-7-5-10/h9-10,13-14H,4-8H2,1-3H3. The Morgan fingerprint density at radius 1 is 1.50 bits per heavy atom. The fourth-order valence-electron chi connectivity index (χ4n) is 2.18. The summed E-state index contributed by atoms with van der Waals surface area (Å²) in [6.07, 6.45) is 1.52. The highest BCUT2D eigenvalue weighted by Gasteiger charge is 2.34. The van der Waals surface area contributed by atoms with E-state index in [0.29, 0.717) is 5.92 Å². The first-order valence-electron chi connectivity index (χ1n) is 6.02. The second kappa shape index (κ2) is 5.64. The van der Waals surface area contributed by atoms with Gasteiger partial charge in [-0.1, -0.05) is 0 Å². The third-order valence-corrected chi connectivity index (χ3v) is 3.16. The molecule has 2 N–H and O–H groups in total. The van der Waals surface area contributed by atoms with Crippen LogP contribution in [0.25, 0.3) is 0 Å². The predicted molar refractivity (Wildman–Crippen MR) is 62.1 cm³/mol. The molecule has 16 heavy (non-hydrogen) atoms. The van der Waals surface area contributed by atoms with Gasteiger partial charge < -0.3 is 15.2 Å². The summed E-state index contributed by atoms with van der Waals surface area (Å²) in [5.74, 6) is 0.102. The molecule has 1 saturated heterocycles. The number of nitrogens with one attached hydrogen (secondary N) is 1. The van der Waals surface area contributed by atoms with E-state index in [1.807, 2.05) is 13.8 Å². The second-order valence-electron chi connectivity index (χ2n) is 5.15. The van der Waals surface area contributed by atoms with Crippen LogP contribution in [0.4, 0.5) is 0 Å². The summed E-state index contributed by atoms with van der Waals surface area (Å²) in [6, 6.07) is 0. The summed E-state index contributed by atoms with van der Waals surface area (Å²) in [4.78, 5) is 11.5. The molecule has 0 aromatic rings. The van der Waals surface area contributed by atoms with Crippen LogP contribution in [0.5, 0.6) is 0 Å². The molecule has 1 fully saturated rings. The van der Waals surface area contributed by atoms with Gasteiger partial charge in [-0.25, -0.2) is 0 Å². The van der Waals surface area contributed by atoms with Crippen LogP contribution in [-0.2, 0) is 9.53 Å². The molecule has 0 aromatic heterocycles. The molecule has 0 amide bonds. The Morgan fingerprint density at radius 3 is 2.56 bits per heavy atom. The fourth-order valence-corrected chi connectivity index (χ4v) is 2.18. The monoisotopic (exact) mass is 229 g/mol. The van der Waals surface area contributed by atoms with E-state index >= 15 is 0 Å². The highest BCUT2D eigenvalue weighted by atomic mass is 16.6. The Labute approximate surface area is 97.4 Å². The van der Waals surface area contributed by atoms with Crippen LogP contribution in [0.15, 0.2) is 0 Å². The number of carbonyl (C=O) groups excluding carboxylic acids is 1. The van der Waals surface area contributed by atoms with Gasteiger partial charge in [0.1, 0.15) is 5.60 Å². The molecular weight excluding hydrogens is 206 g/mol. The maximum Gasteiger partial charge on any atom is 0.308 e. The molecule has 1 rings (SSSR count). The second-order valence-corrected chi connectivity index (χ2v) is 5.15. The van der Waals surface area contributed by atoms with Crippen LogP contribution in [0.2, 0.25) is 0 Å². The number of hydrogen-bond acceptors (Lipinski definition) is 4. The number of rotatable bonds is 4. The van der Waals surface area contributed by atoms with Crippen molar-refractivity contribution < 1.29 is 14.6 Å². The number of esters is 1. The van der Waals surface area contributed by atoms with Crippen molar-refractivity contribution in [3.63, 3.8) is 0 Å². The number of aliphatic hydroxyl groups is 1. The summed E-state index contributed by atoms with van der Waals surface area (Å²) >= 11 is 0. The van der Waals surface area contributed by atoms with E-state index in [0.717, 1.165) is 25.9 Å². The van der Waals surface area contributed by atoms with E-state index in [2.05, 4.69) is 5.32 Å². The van der Waals surface area contributed by atoms with Gasteiger partial charge in [0.25, 0.3) is 0 Å². The SMILES string of the molecule is CC(O)CC(=O)OC(C)(C)C1CCNCC1. The molecule has 1 aliphatic heterocycles. The first-order valence-corrected chi connectivity index (χ1v) is 6.02. The lowest BCUT2D eigenvalue weighted by atomic mass is 9.83. The Morgan fingerprint density at radius 2 is 2.06 bits per heavy atom. The zero-order valence-electron chi connectivity index (χ0n) is 10.5. The Hall–Kier alpha value is -0.610. The number of aliphatic hydroxyl groups excluding tert-OH is 1. The molecule has 4 nitrogen and oxygen atoms in total. The van der Waals surface area contributed by atoms with Crippen LogP contribution in [-0.4, -0.2) is 35.9 Å². The van der Waals surface area contributed by atoms with Gasteiger partial charge in [0.15, 0.2) is 0 Å². The Balaban J connectivity index is 2.45. The molecule has 1 heterocycles. The topological polar surface area (TPSA) is 58.6 Å². The van der Waals surface area contributed by atoms with Crippen molar-refractivity contribution in [2.45, 2.75) is 51.7 Å². The molecular formula is C12H23NO3. The zero-order chi connectivity index (χ0) is 12.2. The van der Waals surface area contributed by atoms with E-state index in [-0.39, 0.29) is 12.4 Å². The van der Waals surface area contributed by atoms with Gasteiger partial charge in [0, 0.05) is 5.92 Å². The third kappa shape index (κ3) is 4.10. The largest absolute Gasteiger partial charge is 0.459 e. The minimum absolute atomic E-state index is 0.0778. The van der Waals surface area contributed by atoms with E-state index in [9.17, 15) is 4.79 Å². The van der Waals surface area contributed by atoms with Gasteiger partial charge in [-0.3, -0.25) is 4.79 Å². The van der Waals surface area contributed by atoms with Crippen LogP contribution in [0.3, 0.4) is 0 Å². The van der Waals surface area contributed by atoms with Gasteiger partial charge >= 0.3 is 5.97 Å². The normalized spacial score (nSPS) is 20.5. The lowest BCUT2D eigenvalue weighted by molar-refractivity contribution is -0.164. The average Bonchev–Trinajstić information content (AvgIpc) is 2.16. The van der Waals surface area contributed by atoms with Crippen LogP contribution in [0, 0.1) is 5.92 Å². The molecule has 0 bridgehead atoms. The molecule has 1 aliphatic rings. The minimum atomic E-state index is -0.628. The zero-order valence-corrected chi connectivity index (χ0v) is 10.5. The van der Waals surface area contributed by atoms with Gasteiger partial charge in [-0.05, 0) is 46.7 Å². The molecule has 94 valence electrons. The Bertz CT molecular complexity index is 232. The van der Waals surface area contributed by atoms with Crippen molar-refractivity contribution >= 4 is 5.97 Å². The van der Waals surface area contributed by atoms with Crippen molar-refractivity contribution in [2.75, 3.05) is 13.1 Å². The lowest BCUT2D eigenvalue weighted by Crippen LogP contribution is -2.43. The van der Waals surface area contributed by atoms with Crippen molar-refractivity contribution in [3.8, 4) is 0 Å². The maximum absolute atomic E-state index is 11.5. The molecule has 0 radical (unpaired) electrons. The van der Waals surface area contributed by atoms with Crippen molar-refractivity contribution in [2.24, 2.45) is 5.92 Å². The number of carbonyl (C=O) groups is 1. The summed E-state index contributed by atoms with van der Waals surface area (Å²) in [6.45, 7) is 7.49. The van der Waals surface area contributed by atoms with E-state index in [1.54, 1.807) is 6.92 Å². The third-order valence-electron chi connectivity index (χ3n) is 3.16. The summed E-state index contributed by atoms with van der Waals surface area (Å²) < 4.78 is 5.46. The number of hydrogen-bond donors (Lipinski definition) is 2. The number of piperidine rings is 1. The van der Waals surface area contributed by atoms with E-state index < -0.39 is 11.7 Å². The van der Waals surface area contributed by atoms with Gasteiger partial charge in [0.2, 0.25) is 0 Å². The quantitative estimate of drug-likeness (QED) is 0.708. The first-order chi connectivity index (χ1) is 7.42. The Kier molecular flexibility index (Phi) is 4.74. The molecule has 1 unspecified atom stereocenters. The van der Waals surface area contributed by atoms with Crippen molar-refractivity contribution in [1.82, 2.24) is 5.32 Å². The van der Waals surface area contributed by atoms with E-state index in [4.69, 9.17) is 9.84 Å². The fraction of sp³-hybridized carbons (Fsp3) is 0.917.